The van der Waals surface area contributed by atoms with E-state index in [9.17, 15) is 0 Å². The van der Waals surface area contributed by atoms with E-state index < -0.39 is 0 Å². The number of hydrogen-bond acceptors (Lipinski definition) is 5. The molecule has 3 nitrogen and oxygen atoms in total. The highest BCUT2D eigenvalue weighted by molar-refractivity contribution is 8.01. The van der Waals surface area contributed by atoms with Gasteiger partial charge in [-0.2, -0.15) is 0 Å². The van der Waals surface area contributed by atoms with Gasteiger partial charge in [-0.1, -0.05) is 32.5 Å². The van der Waals surface area contributed by atoms with E-state index >= 15 is 0 Å². The summed E-state index contributed by atoms with van der Waals surface area (Å²) in [5, 5.41) is 8.53. The molecule has 0 amide bonds. The summed E-state index contributed by atoms with van der Waals surface area (Å²) >= 11 is 3.46. The first kappa shape index (κ1) is 14.0. The van der Waals surface area contributed by atoms with E-state index in [1.807, 2.05) is 6.20 Å². The first-order chi connectivity index (χ1) is 7.54. The van der Waals surface area contributed by atoms with Gasteiger partial charge in [-0.05, 0) is 5.41 Å². The van der Waals surface area contributed by atoms with Crippen LogP contribution >= 0.6 is 23.1 Å². The summed E-state index contributed by atoms with van der Waals surface area (Å²) in [5.41, 5.74) is 0.184. The van der Waals surface area contributed by atoms with Crippen molar-refractivity contribution in [2.24, 2.45) is 0 Å². The first-order valence-electron chi connectivity index (χ1n) is 5.32. The summed E-state index contributed by atoms with van der Waals surface area (Å²) in [4.78, 5) is 5.69. The Hall–Kier alpha value is -0.100. The lowest BCUT2D eigenvalue weighted by atomic mass is 9.96. The number of aliphatic hydroxyl groups excluding tert-OH is 1. The Bertz CT molecular complexity index is 307. The zero-order chi connectivity index (χ0) is 12.0. The minimum atomic E-state index is 0.0933. The highest BCUT2D eigenvalue weighted by Gasteiger charge is 2.16. The summed E-state index contributed by atoms with van der Waals surface area (Å²) in [6.07, 6.45) is 1.96. The van der Waals surface area contributed by atoms with Gasteiger partial charge in [-0.25, -0.2) is 4.98 Å². The Balaban J connectivity index is 2.30. The fraction of sp³-hybridized carbons (Fsp3) is 0.727. The molecule has 1 aromatic rings. The van der Waals surface area contributed by atoms with Crippen molar-refractivity contribution in [2.45, 2.75) is 30.5 Å². The molecule has 0 fully saturated rings. The van der Waals surface area contributed by atoms with Crippen LogP contribution in [-0.4, -0.2) is 35.7 Å². The van der Waals surface area contributed by atoms with Crippen LogP contribution in [-0.2, 0) is 10.2 Å². The minimum absolute atomic E-state index is 0.0933. The van der Waals surface area contributed by atoms with Crippen LogP contribution in [0, 0.1) is 0 Å². The third kappa shape index (κ3) is 4.82. The second-order valence-electron chi connectivity index (χ2n) is 4.42. The monoisotopic (exact) mass is 261 g/mol. The van der Waals surface area contributed by atoms with Crippen LogP contribution in [0.3, 0.4) is 0 Å². The minimum Gasteiger partial charge on any atom is -0.394 e. The topological polar surface area (TPSA) is 42.4 Å². The van der Waals surface area contributed by atoms with E-state index in [-0.39, 0.29) is 12.0 Å². The standard InChI is InChI=1S/C11H19NO2S2/c1-11(2,3)9-8-12-10(16-9)15-7-6-14-5-4-13/h8,13H,4-7H2,1-3H3. The quantitative estimate of drug-likeness (QED) is 0.631. The molecule has 0 atom stereocenters. The number of thiazole rings is 1. The lowest BCUT2D eigenvalue weighted by molar-refractivity contribution is 0.103. The molecule has 0 spiro atoms. The van der Waals surface area contributed by atoms with Crippen molar-refractivity contribution in [2.75, 3.05) is 25.6 Å². The van der Waals surface area contributed by atoms with Crippen molar-refractivity contribution >= 4 is 23.1 Å². The number of thioether (sulfide) groups is 1. The molecule has 1 rings (SSSR count). The maximum absolute atomic E-state index is 8.53. The van der Waals surface area contributed by atoms with Gasteiger partial charge in [0, 0.05) is 16.8 Å². The molecular weight excluding hydrogens is 242 g/mol. The van der Waals surface area contributed by atoms with Crippen molar-refractivity contribution in [3.05, 3.63) is 11.1 Å². The lowest BCUT2D eigenvalue weighted by Gasteiger charge is -2.14. The second-order valence-corrected chi connectivity index (χ2v) is 6.80. The van der Waals surface area contributed by atoms with Crippen LogP contribution in [0.2, 0.25) is 0 Å². The zero-order valence-electron chi connectivity index (χ0n) is 10.0. The third-order valence-corrected chi connectivity index (χ3v) is 4.46. The average Bonchev–Trinajstić information content (AvgIpc) is 2.65. The van der Waals surface area contributed by atoms with Crippen LogP contribution in [0.4, 0.5) is 0 Å². The van der Waals surface area contributed by atoms with E-state index in [0.717, 1.165) is 10.1 Å². The maximum atomic E-state index is 8.53. The highest BCUT2D eigenvalue weighted by Crippen LogP contribution is 2.32. The molecule has 1 heterocycles. The van der Waals surface area contributed by atoms with Gasteiger partial charge < -0.3 is 9.84 Å². The molecule has 0 unspecified atom stereocenters. The summed E-state index contributed by atoms with van der Waals surface area (Å²) < 4.78 is 6.28. The van der Waals surface area contributed by atoms with E-state index in [1.54, 1.807) is 23.1 Å². The van der Waals surface area contributed by atoms with Gasteiger partial charge >= 0.3 is 0 Å². The van der Waals surface area contributed by atoms with Crippen LogP contribution in [0.15, 0.2) is 10.5 Å². The second kappa shape index (κ2) is 6.59. The smallest absolute Gasteiger partial charge is 0.150 e. The van der Waals surface area contributed by atoms with Gasteiger partial charge in [0.05, 0.1) is 19.8 Å². The number of ether oxygens (including phenoxy) is 1. The van der Waals surface area contributed by atoms with Crippen molar-refractivity contribution in [1.29, 1.82) is 0 Å². The first-order valence-corrected chi connectivity index (χ1v) is 7.12. The van der Waals surface area contributed by atoms with Gasteiger partial charge in [0.15, 0.2) is 0 Å². The molecule has 0 radical (unpaired) electrons. The van der Waals surface area contributed by atoms with Crippen LogP contribution in [0.25, 0.3) is 0 Å². The largest absolute Gasteiger partial charge is 0.394 e. The fourth-order valence-corrected chi connectivity index (χ4v) is 2.99. The van der Waals surface area contributed by atoms with Gasteiger partial charge in [0.25, 0.3) is 0 Å². The Labute approximate surface area is 105 Å². The van der Waals surface area contributed by atoms with E-state index in [1.165, 1.54) is 4.88 Å². The molecular formula is C11H19NO2S2. The number of aliphatic hydroxyl groups is 1. The number of aromatic nitrogens is 1. The maximum Gasteiger partial charge on any atom is 0.150 e. The molecule has 0 saturated heterocycles. The van der Waals surface area contributed by atoms with Crippen molar-refractivity contribution in [1.82, 2.24) is 4.98 Å². The zero-order valence-corrected chi connectivity index (χ0v) is 11.7. The van der Waals surface area contributed by atoms with Gasteiger partial charge in [0.2, 0.25) is 0 Å². The van der Waals surface area contributed by atoms with Crippen molar-refractivity contribution in [3.63, 3.8) is 0 Å². The molecule has 5 heteroatoms. The fourth-order valence-electron chi connectivity index (χ4n) is 1.03. The molecule has 0 saturated carbocycles. The Kier molecular flexibility index (Phi) is 5.75. The summed E-state index contributed by atoms with van der Waals surface area (Å²) in [6.45, 7) is 7.76. The molecule has 0 aliphatic carbocycles. The SMILES string of the molecule is CC(C)(C)c1cnc(SCCOCCO)s1. The van der Waals surface area contributed by atoms with Crippen LogP contribution < -0.4 is 0 Å². The van der Waals surface area contributed by atoms with E-state index in [2.05, 4.69) is 25.8 Å². The summed E-state index contributed by atoms with van der Waals surface area (Å²) in [5.74, 6) is 0.886. The van der Waals surface area contributed by atoms with Gasteiger partial charge in [-0.15, -0.1) is 11.3 Å². The van der Waals surface area contributed by atoms with Crippen LogP contribution in [0.1, 0.15) is 25.6 Å². The molecule has 1 N–H and O–H groups in total. The molecule has 16 heavy (non-hydrogen) atoms. The van der Waals surface area contributed by atoms with Gasteiger partial charge in [-0.3, -0.25) is 0 Å². The summed E-state index contributed by atoms with van der Waals surface area (Å²) in [6, 6.07) is 0. The van der Waals surface area contributed by atoms with Gasteiger partial charge in [0.1, 0.15) is 4.34 Å². The lowest BCUT2D eigenvalue weighted by Crippen LogP contribution is -2.07. The average molecular weight is 261 g/mol. The number of rotatable bonds is 6. The highest BCUT2D eigenvalue weighted by atomic mass is 32.2. The predicted molar refractivity (Wildman–Crippen MR) is 69.4 cm³/mol. The molecule has 0 aliphatic rings. The van der Waals surface area contributed by atoms with Crippen LogP contribution in [0.5, 0.6) is 0 Å². The van der Waals surface area contributed by atoms with Crippen molar-refractivity contribution < 1.29 is 9.84 Å². The Morgan fingerprint density at radius 3 is 2.75 bits per heavy atom. The molecule has 0 aliphatic heterocycles. The molecule has 1 aromatic heterocycles. The third-order valence-electron chi connectivity index (χ3n) is 1.91. The Morgan fingerprint density at radius 1 is 1.44 bits per heavy atom. The van der Waals surface area contributed by atoms with Crippen molar-refractivity contribution in [3.8, 4) is 0 Å². The summed E-state index contributed by atoms with van der Waals surface area (Å²) in [7, 11) is 0. The van der Waals surface area contributed by atoms with E-state index in [4.69, 9.17) is 9.84 Å². The number of nitrogens with zero attached hydrogens (tertiary/aromatic N) is 1. The Morgan fingerprint density at radius 2 is 2.19 bits per heavy atom. The number of hydrogen-bond donors (Lipinski definition) is 1. The van der Waals surface area contributed by atoms with E-state index in [0.29, 0.717) is 13.2 Å². The predicted octanol–water partition coefficient (Wildman–Crippen LogP) is 2.54. The molecule has 92 valence electrons. The molecule has 0 bridgehead atoms. The normalized spacial score (nSPS) is 12.0. The molecule has 0 aromatic carbocycles.